The summed E-state index contributed by atoms with van der Waals surface area (Å²) in [5.41, 5.74) is 1.19. The first kappa shape index (κ1) is 19.8. The monoisotopic (exact) mass is 356 g/mol. The fourth-order valence-electron chi connectivity index (χ4n) is 2.75. The number of ether oxygens (including phenoxy) is 2. The van der Waals surface area contributed by atoms with Gasteiger partial charge in [-0.2, -0.15) is 0 Å². The topological polar surface area (TPSA) is 59.6 Å². The summed E-state index contributed by atoms with van der Waals surface area (Å²) in [6.07, 6.45) is 0. The Labute approximate surface area is 155 Å². The lowest BCUT2D eigenvalue weighted by Crippen LogP contribution is -2.38. The molecule has 0 fully saturated rings. The Balaban J connectivity index is 1.73. The van der Waals surface area contributed by atoms with Crippen molar-refractivity contribution in [3.63, 3.8) is 0 Å². The van der Waals surface area contributed by atoms with E-state index in [9.17, 15) is 4.79 Å². The number of amides is 1. The van der Waals surface area contributed by atoms with Gasteiger partial charge in [0.2, 0.25) is 5.91 Å². The Morgan fingerprint density at radius 1 is 1.00 bits per heavy atom. The molecule has 140 valence electrons. The van der Waals surface area contributed by atoms with Gasteiger partial charge in [0.05, 0.1) is 20.2 Å². The average molecular weight is 356 g/mol. The summed E-state index contributed by atoms with van der Waals surface area (Å²) in [5, 5.41) is 6.21. The Kier molecular flexibility index (Phi) is 7.96. The van der Waals surface area contributed by atoms with Gasteiger partial charge in [-0.3, -0.25) is 4.79 Å². The van der Waals surface area contributed by atoms with Crippen LogP contribution < -0.4 is 20.1 Å². The summed E-state index contributed by atoms with van der Waals surface area (Å²) < 4.78 is 10.9. The van der Waals surface area contributed by atoms with Gasteiger partial charge in [0.15, 0.2) is 11.5 Å². The third-order valence-corrected chi connectivity index (χ3v) is 4.06. The Bertz CT molecular complexity index is 674. The molecule has 0 aliphatic rings. The number of hydrogen-bond acceptors (Lipinski definition) is 4. The lowest BCUT2D eigenvalue weighted by atomic mass is 9.96. The van der Waals surface area contributed by atoms with E-state index in [0.717, 1.165) is 0 Å². The molecule has 26 heavy (non-hydrogen) atoms. The first-order valence-corrected chi connectivity index (χ1v) is 8.92. The molecule has 0 aliphatic carbocycles. The van der Waals surface area contributed by atoms with Crippen molar-refractivity contribution in [2.75, 3.05) is 26.8 Å². The zero-order chi connectivity index (χ0) is 18.8. The SMILES string of the molecule is COc1ccccc1OCCNC(=O)CN[C@H](c1ccccc1)C(C)C. The molecule has 2 aromatic rings. The molecule has 0 unspecified atom stereocenters. The first-order chi connectivity index (χ1) is 12.6. The van der Waals surface area contributed by atoms with Gasteiger partial charge in [0, 0.05) is 6.04 Å². The number of benzene rings is 2. The van der Waals surface area contributed by atoms with Crippen LogP contribution in [0.25, 0.3) is 0 Å². The molecule has 2 N–H and O–H groups in total. The number of rotatable bonds is 10. The van der Waals surface area contributed by atoms with Crippen molar-refractivity contribution >= 4 is 5.91 Å². The highest BCUT2D eigenvalue weighted by molar-refractivity contribution is 5.78. The number of carbonyl (C=O) groups excluding carboxylic acids is 1. The van der Waals surface area contributed by atoms with Crippen molar-refractivity contribution in [1.82, 2.24) is 10.6 Å². The average Bonchev–Trinajstić information content (AvgIpc) is 2.66. The summed E-state index contributed by atoms with van der Waals surface area (Å²) in [5.74, 6) is 1.70. The van der Waals surface area contributed by atoms with Crippen LogP contribution in [0.15, 0.2) is 54.6 Å². The van der Waals surface area contributed by atoms with E-state index in [1.54, 1.807) is 7.11 Å². The molecule has 0 saturated carbocycles. The molecular weight excluding hydrogens is 328 g/mol. The first-order valence-electron chi connectivity index (χ1n) is 8.92. The van der Waals surface area contributed by atoms with Crippen molar-refractivity contribution in [3.05, 3.63) is 60.2 Å². The van der Waals surface area contributed by atoms with Crippen molar-refractivity contribution in [3.8, 4) is 11.5 Å². The zero-order valence-electron chi connectivity index (χ0n) is 15.7. The molecule has 5 nitrogen and oxygen atoms in total. The van der Waals surface area contributed by atoms with E-state index in [2.05, 4.69) is 36.6 Å². The van der Waals surface area contributed by atoms with Crippen LogP contribution in [0, 0.1) is 5.92 Å². The minimum Gasteiger partial charge on any atom is -0.493 e. The van der Waals surface area contributed by atoms with Gasteiger partial charge in [0.25, 0.3) is 0 Å². The largest absolute Gasteiger partial charge is 0.493 e. The maximum atomic E-state index is 12.1. The Morgan fingerprint density at radius 3 is 2.31 bits per heavy atom. The predicted molar refractivity (Wildman–Crippen MR) is 104 cm³/mol. The lowest BCUT2D eigenvalue weighted by molar-refractivity contribution is -0.120. The van der Waals surface area contributed by atoms with Gasteiger partial charge >= 0.3 is 0 Å². The summed E-state index contributed by atoms with van der Waals surface area (Å²) >= 11 is 0. The number of nitrogens with one attached hydrogen (secondary N) is 2. The van der Waals surface area contributed by atoms with Crippen LogP contribution in [0.1, 0.15) is 25.5 Å². The second-order valence-electron chi connectivity index (χ2n) is 6.36. The van der Waals surface area contributed by atoms with Gasteiger partial charge in [0.1, 0.15) is 6.61 Å². The van der Waals surface area contributed by atoms with Crippen LogP contribution in [-0.4, -0.2) is 32.7 Å². The minimum absolute atomic E-state index is 0.0461. The standard InChI is InChI=1S/C21H28N2O3/c1-16(2)21(17-9-5-4-6-10-17)23-15-20(24)22-13-14-26-19-12-8-7-11-18(19)25-3/h4-12,16,21,23H,13-15H2,1-3H3,(H,22,24)/t21-/m0/s1. The van der Waals surface area contributed by atoms with Crippen molar-refractivity contribution in [1.29, 1.82) is 0 Å². The quantitative estimate of drug-likeness (QED) is 0.642. The molecule has 0 radical (unpaired) electrons. The summed E-state index contributed by atoms with van der Waals surface area (Å²) in [7, 11) is 1.60. The van der Waals surface area contributed by atoms with Crippen LogP contribution in [0.5, 0.6) is 11.5 Å². The van der Waals surface area contributed by atoms with E-state index in [1.807, 2.05) is 42.5 Å². The predicted octanol–water partition coefficient (Wildman–Crippen LogP) is 3.18. The Hall–Kier alpha value is -2.53. The van der Waals surface area contributed by atoms with Crippen LogP contribution >= 0.6 is 0 Å². The lowest BCUT2D eigenvalue weighted by Gasteiger charge is -2.22. The zero-order valence-corrected chi connectivity index (χ0v) is 15.7. The number of methoxy groups -OCH3 is 1. The molecule has 0 saturated heterocycles. The molecule has 1 amide bonds. The third-order valence-electron chi connectivity index (χ3n) is 4.06. The van der Waals surface area contributed by atoms with Crippen LogP contribution in [0.4, 0.5) is 0 Å². The summed E-state index contributed by atoms with van der Waals surface area (Å²) in [6.45, 7) is 5.38. The van der Waals surface area contributed by atoms with Crippen molar-refractivity contribution < 1.29 is 14.3 Å². The fourth-order valence-corrected chi connectivity index (χ4v) is 2.75. The van der Waals surface area contributed by atoms with E-state index in [-0.39, 0.29) is 18.5 Å². The van der Waals surface area contributed by atoms with E-state index >= 15 is 0 Å². The molecule has 0 heterocycles. The van der Waals surface area contributed by atoms with Crippen molar-refractivity contribution in [2.45, 2.75) is 19.9 Å². The highest BCUT2D eigenvalue weighted by Crippen LogP contribution is 2.25. The fraction of sp³-hybridized carbons (Fsp3) is 0.381. The van der Waals surface area contributed by atoms with Crippen LogP contribution in [0.2, 0.25) is 0 Å². The molecule has 0 aliphatic heterocycles. The van der Waals surface area contributed by atoms with Gasteiger partial charge in [-0.25, -0.2) is 0 Å². The maximum Gasteiger partial charge on any atom is 0.234 e. The van der Waals surface area contributed by atoms with Gasteiger partial charge in [-0.05, 0) is 23.6 Å². The second-order valence-corrected chi connectivity index (χ2v) is 6.36. The van der Waals surface area contributed by atoms with Crippen LogP contribution in [0.3, 0.4) is 0 Å². The number of para-hydroxylation sites is 2. The second kappa shape index (κ2) is 10.5. The minimum atomic E-state index is -0.0461. The maximum absolute atomic E-state index is 12.1. The van der Waals surface area contributed by atoms with E-state index in [1.165, 1.54) is 5.56 Å². The van der Waals surface area contributed by atoms with Gasteiger partial charge in [-0.1, -0.05) is 56.3 Å². The highest BCUT2D eigenvalue weighted by Gasteiger charge is 2.16. The van der Waals surface area contributed by atoms with E-state index in [0.29, 0.717) is 30.6 Å². The normalized spacial score (nSPS) is 11.8. The molecule has 2 aromatic carbocycles. The van der Waals surface area contributed by atoms with Crippen LogP contribution in [-0.2, 0) is 4.79 Å². The molecule has 1 atom stereocenters. The molecule has 0 aromatic heterocycles. The highest BCUT2D eigenvalue weighted by atomic mass is 16.5. The summed E-state index contributed by atoms with van der Waals surface area (Å²) in [4.78, 5) is 12.1. The molecular formula is C21H28N2O3. The van der Waals surface area contributed by atoms with Gasteiger partial charge in [-0.15, -0.1) is 0 Å². The van der Waals surface area contributed by atoms with Gasteiger partial charge < -0.3 is 20.1 Å². The van der Waals surface area contributed by atoms with Crippen molar-refractivity contribution in [2.24, 2.45) is 5.92 Å². The molecule has 5 heteroatoms. The van der Waals surface area contributed by atoms with E-state index in [4.69, 9.17) is 9.47 Å². The molecule has 0 spiro atoms. The smallest absolute Gasteiger partial charge is 0.234 e. The third kappa shape index (κ3) is 6.08. The molecule has 2 rings (SSSR count). The van der Waals surface area contributed by atoms with E-state index < -0.39 is 0 Å². The number of carbonyl (C=O) groups is 1. The Morgan fingerprint density at radius 2 is 1.65 bits per heavy atom. The molecule has 0 bridgehead atoms. The summed E-state index contributed by atoms with van der Waals surface area (Å²) in [6, 6.07) is 17.8. The number of hydrogen-bond donors (Lipinski definition) is 2.